The van der Waals surface area contributed by atoms with Gasteiger partial charge in [-0.05, 0) is 30.9 Å². The first-order valence-corrected chi connectivity index (χ1v) is 8.60. The first-order chi connectivity index (χ1) is 11.8. The Labute approximate surface area is 140 Å². The average Bonchev–Trinajstić information content (AvgIpc) is 3.29. The lowest BCUT2D eigenvalue weighted by Gasteiger charge is -2.30. The maximum atomic E-state index is 13.0. The minimum atomic E-state index is -0.141. The van der Waals surface area contributed by atoms with Crippen LogP contribution in [0.2, 0.25) is 0 Å². The number of carbonyl (C=O) groups excluding carboxylic acids is 1. The van der Waals surface area contributed by atoms with E-state index in [1.54, 1.807) is 0 Å². The van der Waals surface area contributed by atoms with Crippen molar-refractivity contribution in [2.45, 2.75) is 38.6 Å². The standard InChI is InChI=1S/C18H21N3O3/c1-2-16-19-17(20-24-16)14-7-5-9-21(14)18(22)13-10-12-6-3-4-8-15(12)23-11-13/h3-4,6,8,13-14H,2,5,7,9-11H2,1H3/t13-,14+/m1/s1. The van der Waals surface area contributed by atoms with Crippen molar-refractivity contribution >= 4 is 5.91 Å². The normalized spacial score (nSPS) is 23.0. The second kappa shape index (κ2) is 6.26. The monoisotopic (exact) mass is 327 g/mol. The fraction of sp³-hybridized carbons (Fsp3) is 0.500. The van der Waals surface area contributed by atoms with Crippen LogP contribution in [0.1, 0.15) is 43.1 Å². The number of fused-ring (bicyclic) bond motifs is 1. The predicted molar refractivity (Wildman–Crippen MR) is 86.5 cm³/mol. The number of rotatable bonds is 3. The van der Waals surface area contributed by atoms with Gasteiger partial charge in [0.15, 0.2) is 5.82 Å². The molecule has 2 atom stereocenters. The van der Waals surface area contributed by atoms with Gasteiger partial charge in [-0.15, -0.1) is 0 Å². The number of aromatic nitrogens is 2. The zero-order valence-corrected chi connectivity index (χ0v) is 13.8. The van der Waals surface area contributed by atoms with Gasteiger partial charge in [-0.1, -0.05) is 30.3 Å². The molecule has 1 fully saturated rings. The summed E-state index contributed by atoms with van der Waals surface area (Å²) in [4.78, 5) is 19.4. The molecule has 0 bridgehead atoms. The molecule has 2 aliphatic heterocycles. The molecular formula is C18H21N3O3. The molecule has 1 saturated heterocycles. The molecule has 2 aliphatic rings. The first-order valence-electron chi connectivity index (χ1n) is 8.60. The summed E-state index contributed by atoms with van der Waals surface area (Å²) < 4.78 is 11.0. The molecule has 1 amide bonds. The third kappa shape index (κ3) is 2.66. The largest absolute Gasteiger partial charge is 0.492 e. The molecular weight excluding hydrogens is 306 g/mol. The van der Waals surface area contributed by atoms with E-state index in [4.69, 9.17) is 9.26 Å². The fourth-order valence-electron chi connectivity index (χ4n) is 3.57. The smallest absolute Gasteiger partial charge is 0.230 e. The number of carbonyl (C=O) groups is 1. The summed E-state index contributed by atoms with van der Waals surface area (Å²) in [7, 11) is 0. The average molecular weight is 327 g/mol. The van der Waals surface area contributed by atoms with Crippen molar-refractivity contribution in [1.82, 2.24) is 15.0 Å². The zero-order valence-electron chi connectivity index (χ0n) is 13.8. The summed E-state index contributed by atoms with van der Waals surface area (Å²) >= 11 is 0. The maximum Gasteiger partial charge on any atom is 0.230 e. The van der Waals surface area contributed by atoms with E-state index >= 15 is 0 Å². The Hall–Kier alpha value is -2.37. The van der Waals surface area contributed by atoms with E-state index in [1.807, 2.05) is 36.1 Å². The predicted octanol–water partition coefficient (Wildman–Crippen LogP) is 2.55. The van der Waals surface area contributed by atoms with Crippen molar-refractivity contribution in [3.63, 3.8) is 0 Å². The Balaban J connectivity index is 1.51. The molecule has 0 saturated carbocycles. The van der Waals surface area contributed by atoms with E-state index < -0.39 is 0 Å². The summed E-state index contributed by atoms with van der Waals surface area (Å²) in [6, 6.07) is 7.86. The maximum absolute atomic E-state index is 13.0. The highest BCUT2D eigenvalue weighted by atomic mass is 16.5. The highest BCUT2D eigenvalue weighted by Gasteiger charge is 2.38. The summed E-state index contributed by atoms with van der Waals surface area (Å²) in [6.07, 6.45) is 3.29. The van der Waals surface area contributed by atoms with Crippen molar-refractivity contribution in [2.24, 2.45) is 5.92 Å². The van der Waals surface area contributed by atoms with E-state index in [0.29, 0.717) is 24.7 Å². The van der Waals surface area contributed by atoms with Gasteiger partial charge in [-0.3, -0.25) is 4.79 Å². The fourth-order valence-corrected chi connectivity index (χ4v) is 3.57. The number of ether oxygens (including phenoxy) is 1. The minimum Gasteiger partial charge on any atom is -0.492 e. The van der Waals surface area contributed by atoms with Crippen LogP contribution < -0.4 is 4.74 Å². The molecule has 126 valence electrons. The van der Waals surface area contributed by atoms with Crippen molar-refractivity contribution in [3.05, 3.63) is 41.5 Å². The molecule has 2 aromatic rings. The Bertz CT molecular complexity index is 743. The van der Waals surface area contributed by atoms with Crippen molar-refractivity contribution in [3.8, 4) is 5.75 Å². The van der Waals surface area contributed by atoms with Crippen LogP contribution in [0.5, 0.6) is 5.75 Å². The van der Waals surface area contributed by atoms with Crippen LogP contribution in [0.15, 0.2) is 28.8 Å². The molecule has 3 heterocycles. The number of hydrogen-bond donors (Lipinski definition) is 0. The molecule has 1 aromatic carbocycles. The van der Waals surface area contributed by atoms with E-state index in [0.717, 1.165) is 37.1 Å². The van der Waals surface area contributed by atoms with Gasteiger partial charge in [0.1, 0.15) is 12.4 Å². The van der Waals surface area contributed by atoms with Crippen LogP contribution in [-0.4, -0.2) is 34.1 Å². The van der Waals surface area contributed by atoms with Crippen molar-refractivity contribution in [1.29, 1.82) is 0 Å². The Morgan fingerprint density at radius 2 is 2.25 bits per heavy atom. The molecule has 0 radical (unpaired) electrons. The van der Waals surface area contributed by atoms with Gasteiger partial charge in [-0.25, -0.2) is 0 Å². The Kier molecular flexibility index (Phi) is 3.96. The van der Waals surface area contributed by atoms with Crippen molar-refractivity contribution in [2.75, 3.05) is 13.2 Å². The van der Waals surface area contributed by atoms with Crippen LogP contribution in [-0.2, 0) is 17.6 Å². The lowest BCUT2D eigenvalue weighted by molar-refractivity contribution is -0.138. The van der Waals surface area contributed by atoms with Gasteiger partial charge in [0.05, 0.1) is 12.0 Å². The van der Waals surface area contributed by atoms with Gasteiger partial charge in [0, 0.05) is 13.0 Å². The summed E-state index contributed by atoms with van der Waals surface area (Å²) in [5, 5.41) is 4.07. The molecule has 0 spiro atoms. The summed E-state index contributed by atoms with van der Waals surface area (Å²) in [5.41, 5.74) is 1.10. The lowest BCUT2D eigenvalue weighted by atomic mass is 9.95. The number of para-hydroxylation sites is 1. The van der Waals surface area contributed by atoms with E-state index in [-0.39, 0.29) is 17.9 Å². The summed E-state index contributed by atoms with van der Waals surface area (Å²) in [5.74, 6) is 2.15. The summed E-state index contributed by atoms with van der Waals surface area (Å²) in [6.45, 7) is 3.16. The third-order valence-corrected chi connectivity index (χ3v) is 4.85. The molecule has 24 heavy (non-hydrogen) atoms. The topological polar surface area (TPSA) is 68.5 Å². The lowest BCUT2D eigenvalue weighted by Crippen LogP contribution is -2.40. The number of aryl methyl sites for hydroxylation is 1. The van der Waals surface area contributed by atoms with Gasteiger partial charge in [0.2, 0.25) is 11.8 Å². The number of likely N-dealkylation sites (tertiary alicyclic amines) is 1. The minimum absolute atomic E-state index is 0.0706. The number of nitrogens with zero attached hydrogens (tertiary/aromatic N) is 3. The first kappa shape index (κ1) is 15.2. The molecule has 6 heteroatoms. The second-order valence-electron chi connectivity index (χ2n) is 6.41. The van der Waals surface area contributed by atoms with Crippen molar-refractivity contribution < 1.29 is 14.1 Å². The van der Waals surface area contributed by atoms with Crippen LogP contribution in [0.4, 0.5) is 0 Å². The molecule has 6 nitrogen and oxygen atoms in total. The quantitative estimate of drug-likeness (QED) is 0.866. The second-order valence-corrected chi connectivity index (χ2v) is 6.41. The van der Waals surface area contributed by atoms with E-state index in [9.17, 15) is 4.79 Å². The van der Waals surface area contributed by atoms with E-state index in [1.165, 1.54) is 0 Å². The van der Waals surface area contributed by atoms with Crippen LogP contribution >= 0.6 is 0 Å². The molecule has 0 N–H and O–H groups in total. The highest BCUT2D eigenvalue weighted by Crippen LogP contribution is 2.34. The van der Waals surface area contributed by atoms with E-state index in [2.05, 4.69) is 10.1 Å². The molecule has 4 rings (SSSR count). The SMILES string of the molecule is CCc1nc([C@@H]2CCCN2C(=O)[C@H]2COc3ccccc3C2)no1. The van der Waals surface area contributed by atoms with Crippen LogP contribution in [0, 0.1) is 5.92 Å². The Morgan fingerprint density at radius 1 is 1.38 bits per heavy atom. The van der Waals surface area contributed by atoms with Gasteiger partial charge < -0.3 is 14.2 Å². The number of amides is 1. The number of hydrogen-bond acceptors (Lipinski definition) is 5. The van der Waals surface area contributed by atoms with Gasteiger partial charge >= 0.3 is 0 Å². The number of benzene rings is 1. The van der Waals surface area contributed by atoms with Gasteiger partial charge in [-0.2, -0.15) is 4.98 Å². The highest BCUT2D eigenvalue weighted by molar-refractivity contribution is 5.80. The molecule has 0 unspecified atom stereocenters. The van der Waals surface area contributed by atoms with Crippen LogP contribution in [0.3, 0.4) is 0 Å². The van der Waals surface area contributed by atoms with Crippen LogP contribution in [0.25, 0.3) is 0 Å². The third-order valence-electron chi connectivity index (χ3n) is 4.85. The zero-order chi connectivity index (χ0) is 16.5. The molecule has 1 aromatic heterocycles. The molecule has 0 aliphatic carbocycles. The Morgan fingerprint density at radius 3 is 3.08 bits per heavy atom. The van der Waals surface area contributed by atoms with Gasteiger partial charge in [0.25, 0.3) is 0 Å².